The van der Waals surface area contributed by atoms with Crippen LogP contribution in [0.15, 0.2) is 24.3 Å². The number of Topliss-reactive ketones (excluding diaryl/α,β-unsaturated/α-hetero) is 1. The molecule has 0 amide bonds. The minimum Gasteiger partial charge on any atom is -0.310 e. The van der Waals surface area contributed by atoms with Gasteiger partial charge in [-0.3, -0.25) is 4.79 Å². The molecule has 3 heteroatoms. The van der Waals surface area contributed by atoms with Gasteiger partial charge < -0.3 is 5.32 Å². The highest BCUT2D eigenvalue weighted by Crippen LogP contribution is 2.42. The fourth-order valence-corrected chi connectivity index (χ4v) is 4.39. The number of halogens is 1. The van der Waals surface area contributed by atoms with Crippen molar-refractivity contribution in [2.75, 3.05) is 0 Å². The van der Waals surface area contributed by atoms with Crippen LogP contribution in [0, 0.1) is 9.49 Å². The largest absolute Gasteiger partial charge is 0.310 e. The van der Waals surface area contributed by atoms with Crippen molar-refractivity contribution in [1.82, 2.24) is 5.32 Å². The first-order valence-electron chi connectivity index (χ1n) is 7.23. The first kappa shape index (κ1) is 13.6. The quantitative estimate of drug-likeness (QED) is 0.827. The van der Waals surface area contributed by atoms with Crippen molar-refractivity contribution < 1.29 is 4.79 Å². The molecule has 1 aromatic rings. The topological polar surface area (TPSA) is 29.1 Å². The van der Waals surface area contributed by atoms with Crippen molar-refractivity contribution in [2.24, 2.45) is 5.92 Å². The molecular formula is C16H20INO. The predicted molar refractivity (Wildman–Crippen MR) is 85.3 cm³/mol. The maximum Gasteiger partial charge on any atom is 0.137 e. The van der Waals surface area contributed by atoms with Gasteiger partial charge in [-0.1, -0.05) is 19.1 Å². The summed E-state index contributed by atoms with van der Waals surface area (Å²) < 4.78 is 1.27. The average Bonchev–Trinajstić information content (AvgIpc) is 2.79. The summed E-state index contributed by atoms with van der Waals surface area (Å²) in [6.07, 6.45) is 4.18. The monoisotopic (exact) mass is 369 g/mol. The van der Waals surface area contributed by atoms with E-state index in [-0.39, 0.29) is 5.92 Å². The van der Waals surface area contributed by atoms with Gasteiger partial charge in [-0.2, -0.15) is 0 Å². The third-order valence-electron chi connectivity index (χ3n) is 4.68. The van der Waals surface area contributed by atoms with E-state index in [0.717, 1.165) is 6.42 Å². The molecule has 0 radical (unpaired) electrons. The lowest BCUT2D eigenvalue weighted by Crippen LogP contribution is -2.47. The summed E-state index contributed by atoms with van der Waals surface area (Å²) in [7, 11) is 0. The third-order valence-corrected chi connectivity index (χ3v) is 5.35. The molecule has 2 fully saturated rings. The summed E-state index contributed by atoms with van der Waals surface area (Å²) in [5, 5.41) is 3.65. The minimum absolute atomic E-state index is 0.182. The number of ketones is 1. The van der Waals surface area contributed by atoms with E-state index in [1.54, 1.807) is 0 Å². The maximum atomic E-state index is 12.4. The molecule has 2 nitrogen and oxygen atoms in total. The second-order valence-electron chi connectivity index (χ2n) is 5.79. The van der Waals surface area contributed by atoms with Crippen molar-refractivity contribution in [3.05, 3.63) is 33.4 Å². The first-order valence-corrected chi connectivity index (χ1v) is 8.31. The number of nitrogens with one attached hydrogen (secondary N) is 1. The summed E-state index contributed by atoms with van der Waals surface area (Å²) in [6, 6.07) is 9.73. The fraction of sp³-hybridized carbons (Fsp3) is 0.562. The molecule has 2 saturated heterocycles. The molecule has 4 atom stereocenters. The van der Waals surface area contributed by atoms with E-state index in [0.29, 0.717) is 30.2 Å². The molecule has 0 saturated carbocycles. The molecular weight excluding hydrogens is 349 g/mol. The Kier molecular flexibility index (Phi) is 3.94. The van der Waals surface area contributed by atoms with E-state index in [1.165, 1.54) is 22.0 Å². The molecule has 2 aliphatic rings. The number of hydrogen-bond acceptors (Lipinski definition) is 2. The Balaban J connectivity index is 1.95. The van der Waals surface area contributed by atoms with E-state index in [4.69, 9.17) is 0 Å². The lowest BCUT2D eigenvalue weighted by molar-refractivity contribution is -0.124. The van der Waals surface area contributed by atoms with Gasteiger partial charge in [-0.15, -0.1) is 0 Å². The van der Waals surface area contributed by atoms with Gasteiger partial charge in [0.25, 0.3) is 0 Å². The molecule has 2 heterocycles. The predicted octanol–water partition coefficient (Wildman–Crippen LogP) is 3.49. The number of piperidine rings is 1. The Morgan fingerprint density at radius 1 is 1.42 bits per heavy atom. The van der Waals surface area contributed by atoms with Gasteiger partial charge in [0.05, 0.1) is 0 Å². The highest BCUT2D eigenvalue weighted by atomic mass is 127. The van der Waals surface area contributed by atoms with Gasteiger partial charge in [0, 0.05) is 28.0 Å². The van der Waals surface area contributed by atoms with Crippen LogP contribution in [0.4, 0.5) is 0 Å². The summed E-state index contributed by atoms with van der Waals surface area (Å²) in [5.74, 6) is 1.03. The molecule has 0 aliphatic carbocycles. The second-order valence-corrected chi connectivity index (χ2v) is 7.04. The maximum absolute atomic E-state index is 12.4. The van der Waals surface area contributed by atoms with E-state index < -0.39 is 0 Å². The Morgan fingerprint density at radius 3 is 3.00 bits per heavy atom. The molecule has 1 aromatic carbocycles. The second kappa shape index (κ2) is 5.52. The lowest BCUT2D eigenvalue weighted by Gasteiger charge is -2.37. The van der Waals surface area contributed by atoms with Gasteiger partial charge >= 0.3 is 0 Å². The lowest BCUT2D eigenvalue weighted by atomic mass is 9.74. The van der Waals surface area contributed by atoms with Crippen LogP contribution in [-0.4, -0.2) is 17.9 Å². The normalized spacial score (nSPS) is 33.4. The molecule has 0 aromatic heterocycles. The zero-order valence-corrected chi connectivity index (χ0v) is 13.4. The number of hydrogen-bond donors (Lipinski definition) is 1. The van der Waals surface area contributed by atoms with Crippen molar-refractivity contribution in [3.8, 4) is 0 Å². The number of carbonyl (C=O) groups excluding carboxylic acids is 1. The van der Waals surface area contributed by atoms with Crippen molar-refractivity contribution in [2.45, 2.75) is 50.6 Å². The number of fused-ring (bicyclic) bond motifs is 2. The summed E-state index contributed by atoms with van der Waals surface area (Å²) in [5.41, 5.74) is 1.36. The van der Waals surface area contributed by atoms with Crippen LogP contribution in [0.2, 0.25) is 0 Å². The molecule has 102 valence electrons. The summed E-state index contributed by atoms with van der Waals surface area (Å²) >= 11 is 2.36. The molecule has 1 N–H and O–H groups in total. The summed E-state index contributed by atoms with van der Waals surface area (Å²) in [4.78, 5) is 12.4. The number of carbonyl (C=O) groups is 1. The highest BCUT2D eigenvalue weighted by molar-refractivity contribution is 14.1. The molecule has 19 heavy (non-hydrogen) atoms. The highest BCUT2D eigenvalue weighted by Gasteiger charge is 2.44. The first-order chi connectivity index (χ1) is 9.19. The molecule has 3 rings (SSSR count). The van der Waals surface area contributed by atoms with Gasteiger partial charge in [-0.25, -0.2) is 0 Å². The Hall–Kier alpha value is -0.420. The average molecular weight is 369 g/mol. The van der Waals surface area contributed by atoms with Gasteiger partial charge in [0.15, 0.2) is 0 Å². The standard InChI is InChI=1S/C16H20INO/c1-2-15(19)16-13(9-12-6-7-14(16)18-12)10-4-3-5-11(17)8-10/h3-5,8,12-14,16,18H,2,6-7,9H2,1H3/t12-,13+,14+,16-/m0/s1. The van der Waals surface area contributed by atoms with Gasteiger partial charge in [-0.05, 0) is 65.5 Å². The zero-order chi connectivity index (χ0) is 13.4. The molecule has 2 aliphatic heterocycles. The Morgan fingerprint density at radius 2 is 2.26 bits per heavy atom. The minimum atomic E-state index is 0.182. The molecule has 0 spiro atoms. The van der Waals surface area contributed by atoms with Crippen molar-refractivity contribution >= 4 is 28.4 Å². The van der Waals surface area contributed by atoms with E-state index >= 15 is 0 Å². The molecule has 0 unspecified atom stereocenters. The smallest absolute Gasteiger partial charge is 0.137 e. The van der Waals surface area contributed by atoms with Crippen LogP contribution in [0.5, 0.6) is 0 Å². The van der Waals surface area contributed by atoms with Crippen molar-refractivity contribution in [3.63, 3.8) is 0 Å². The van der Waals surface area contributed by atoms with Crippen molar-refractivity contribution in [1.29, 1.82) is 0 Å². The van der Waals surface area contributed by atoms with Gasteiger partial charge in [0.1, 0.15) is 5.78 Å². The third kappa shape index (κ3) is 2.59. The Labute approximate surface area is 128 Å². The SMILES string of the molecule is CCC(=O)[C@H]1[C@@H](c2cccc(I)c2)C[C@@H]2CC[C@H]1N2. The van der Waals surface area contributed by atoms with Crippen LogP contribution in [0.1, 0.15) is 44.1 Å². The number of rotatable bonds is 3. The number of benzene rings is 1. The fourth-order valence-electron chi connectivity index (χ4n) is 3.82. The van der Waals surface area contributed by atoms with Crippen LogP contribution in [0.3, 0.4) is 0 Å². The van der Waals surface area contributed by atoms with E-state index in [2.05, 4.69) is 52.2 Å². The van der Waals surface area contributed by atoms with Gasteiger partial charge in [0.2, 0.25) is 0 Å². The Bertz CT molecular complexity index is 487. The van der Waals surface area contributed by atoms with Crippen LogP contribution < -0.4 is 5.32 Å². The van der Waals surface area contributed by atoms with Crippen LogP contribution in [0.25, 0.3) is 0 Å². The zero-order valence-electron chi connectivity index (χ0n) is 11.2. The van der Waals surface area contributed by atoms with Crippen LogP contribution >= 0.6 is 22.6 Å². The molecule has 2 bridgehead atoms. The van der Waals surface area contributed by atoms with Crippen LogP contribution in [-0.2, 0) is 4.79 Å². The van der Waals surface area contributed by atoms with E-state index in [9.17, 15) is 4.79 Å². The summed E-state index contributed by atoms with van der Waals surface area (Å²) in [6.45, 7) is 2.00. The van der Waals surface area contributed by atoms with E-state index in [1.807, 2.05) is 6.92 Å².